The Labute approximate surface area is 193 Å². The number of carboxylic acids is 2. The molecule has 1 fully saturated rings. The van der Waals surface area contributed by atoms with Gasteiger partial charge < -0.3 is 20.1 Å². The molecule has 10 heteroatoms. The molecule has 0 aliphatic carbocycles. The number of aromatic hydroxyl groups is 1. The highest BCUT2D eigenvalue weighted by molar-refractivity contribution is 8.18. The van der Waals surface area contributed by atoms with E-state index in [1.165, 1.54) is 30.0 Å². The van der Waals surface area contributed by atoms with Crippen molar-refractivity contribution in [1.82, 2.24) is 4.90 Å². The molecular weight excluding hydrogens is 448 g/mol. The number of hydrogen-bond donors (Lipinski definition) is 3. The van der Waals surface area contributed by atoms with Crippen LogP contribution in [-0.2, 0) is 9.59 Å². The molecule has 1 saturated heterocycles. The number of rotatable bonds is 8. The lowest BCUT2D eigenvalue weighted by atomic mass is 10.2. The van der Waals surface area contributed by atoms with Gasteiger partial charge in [0, 0.05) is 6.54 Å². The maximum Gasteiger partial charge on any atom is 0.344 e. The molecule has 9 nitrogen and oxygen atoms in total. The zero-order valence-electron chi connectivity index (χ0n) is 17.5. The second-order valence-electron chi connectivity index (χ2n) is 6.88. The minimum atomic E-state index is -1.26. The molecule has 1 atom stereocenters. The summed E-state index contributed by atoms with van der Waals surface area (Å²) >= 11 is 1.08. The Morgan fingerprint density at radius 3 is 2.52 bits per heavy atom. The molecule has 0 bridgehead atoms. The maximum absolute atomic E-state index is 12.9. The number of amidine groups is 1. The lowest BCUT2D eigenvalue weighted by Crippen LogP contribution is -2.29. The minimum Gasteiger partial charge on any atom is -0.508 e. The molecule has 1 amide bonds. The van der Waals surface area contributed by atoms with Gasteiger partial charge in [0.1, 0.15) is 11.5 Å². The third kappa shape index (κ3) is 5.60. The Kier molecular flexibility index (Phi) is 7.19. The van der Waals surface area contributed by atoms with Crippen molar-refractivity contribution in [3.05, 3.63) is 71.2 Å². The predicted molar refractivity (Wildman–Crippen MR) is 124 cm³/mol. The van der Waals surface area contributed by atoms with Crippen molar-refractivity contribution in [2.45, 2.75) is 13.0 Å². The smallest absolute Gasteiger partial charge is 0.344 e. The van der Waals surface area contributed by atoms with Crippen molar-refractivity contribution < 1.29 is 34.4 Å². The quantitative estimate of drug-likeness (QED) is 0.394. The van der Waals surface area contributed by atoms with E-state index in [2.05, 4.69) is 11.6 Å². The number of carboxylic acid groups (broad SMARTS) is 2. The number of ether oxygens (including phenoxy) is 1. The first-order valence-electron chi connectivity index (χ1n) is 9.66. The molecule has 1 aliphatic heterocycles. The van der Waals surface area contributed by atoms with Gasteiger partial charge in [0.15, 0.2) is 11.3 Å². The summed E-state index contributed by atoms with van der Waals surface area (Å²) in [6.07, 6.45) is 2.18. The second-order valence-corrected chi connectivity index (χ2v) is 7.89. The number of carbonyl (C=O) groups is 3. The predicted octanol–water partition coefficient (Wildman–Crippen LogP) is 3.73. The van der Waals surface area contributed by atoms with Gasteiger partial charge in [0.05, 0.1) is 16.2 Å². The van der Waals surface area contributed by atoms with Crippen LogP contribution in [0.3, 0.4) is 0 Å². The van der Waals surface area contributed by atoms with Gasteiger partial charge >= 0.3 is 11.9 Å². The second kappa shape index (κ2) is 10.0. The SMILES string of the molecule is C=CCN1C(=O)/C(=C/c2ccc(OC(C)C(=O)O)cc2)SC1=Nc1ccc(O)cc1C(=O)O. The number of amides is 1. The topological polar surface area (TPSA) is 137 Å². The van der Waals surface area contributed by atoms with Crippen molar-refractivity contribution in [3.8, 4) is 11.5 Å². The number of aliphatic imine (C=N–C) groups is 1. The fourth-order valence-corrected chi connectivity index (χ4v) is 3.83. The molecule has 0 spiro atoms. The van der Waals surface area contributed by atoms with Crippen molar-refractivity contribution >= 4 is 46.5 Å². The number of benzene rings is 2. The molecule has 0 saturated carbocycles. The van der Waals surface area contributed by atoms with Crippen molar-refractivity contribution in [2.24, 2.45) is 4.99 Å². The fraction of sp³-hybridized carbons (Fsp3) is 0.130. The normalized spacial score (nSPS) is 16.8. The average molecular weight is 468 g/mol. The molecule has 1 unspecified atom stereocenters. The van der Waals surface area contributed by atoms with E-state index in [1.807, 2.05) is 0 Å². The first-order valence-corrected chi connectivity index (χ1v) is 10.5. The van der Waals surface area contributed by atoms with Gasteiger partial charge in [-0.15, -0.1) is 6.58 Å². The van der Waals surface area contributed by atoms with Crippen LogP contribution in [0.5, 0.6) is 11.5 Å². The molecule has 1 heterocycles. The molecular formula is C23H20N2O7S. The number of nitrogens with zero attached hydrogens (tertiary/aromatic N) is 2. The van der Waals surface area contributed by atoms with Crippen LogP contribution < -0.4 is 4.74 Å². The number of carbonyl (C=O) groups excluding carboxylic acids is 1. The number of aromatic carboxylic acids is 1. The zero-order chi connectivity index (χ0) is 24.1. The molecule has 33 heavy (non-hydrogen) atoms. The maximum atomic E-state index is 12.9. The molecule has 0 aromatic heterocycles. The highest BCUT2D eigenvalue weighted by Crippen LogP contribution is 2.35. The van der Waals surface area contributed by atoms with Crippen molar-refractivity contribution in [2.75, 3.05) is 6.54 Å². The van der Waals surface area contributed by atoms with E-state index >= 15 is 0 Å². The van der Waals surface area contributed by atoms with E-state index in [-0.39, 0.29) is 34.6 Å². The van der Waals surface area contributed by atoms with E-state index in [0.717, 1.165) is 17.8 Å². The van der Waals surface area contributed by atoms with E-state index in [0.29, 0.717) is 16.2 Å². The Morgan fingerprint density at radius 1 is 1.21 bits per heavy atom. The monoisotopic (exact) mass is 468 g/mol. The van der Waals surface area contributed by atoms with E-state index in [4.69, 9.17) is 9.84 Å². The molecule has 1 aliphatic rings. The number of thioether (sulfide) groups is 1. The van der Waals surface area contributed by atoms with E-state index < -0.39 is 18.0 Å². The lowest BCUT2D eigenvalue weighted by molar-refractivity contribution is -0.144. The lowest BCUT2D eigenvalue weighted by Gasteiger charge is -2.13. The summed E-state index contributed by atoms with van der Waals surface area (Å²) in [5, 5.41) is 28.2. The third-order valence-corrected chi connectivity index (χ3v) is 5.47. The highest BCUT2D eigenvalue weighted by Gasteiger charge is 2.33. The number of aliphatic carboxylic acids is 1. The summed E-state index contributed by atoms with van der Waals surface area (Å²) in [7, 11) is 0. The van der Waals surface area contributed by atoms with Crippen LogP contribution in [0.25, 0.3) is 6.08 Å². The van der Waals surface area contributed by atoms with Crippen LogP contribution in [-0.4, -0.2) is 55.9 Å². The molecule has 3 N–H and O–H groups in total. The zero-order valence-corrected chi connectivity index (χ0v) is 18.3. The van der Waals surface area contributed by atoms with Gasteiger partial charge in [-0.05, 0) is 60.7 Å². The van der Waals surface area contributed by atoms with Gasteiger partial charge in [-0.1, -0.05) is 18.2 Å². The summed E-state index contributed by atoms with van der Waals surface area (Å²) in [4.78, 5) is 41.4. The summed E-state index contributed by atoms with van der Waals surface area (Å²) in [5.74, 6) is -2.50. The van der Waals surface area contributed by atoms with Crippen LogP contribution in [0, 0.1) is 0 Å². The summed E-state index contributed by atoms with van der Waals surface area (Å²) in [5.41, 5.74) is 0.578. The van der Waals surface area contributed by atoms with Crippen LogP contribution in [0.15, 0.2) is 65.0 Å². The Hall–Kier alpha value is -4.05. The molecule has 0 radical (unpaired) electrons. The van der Waals surface area contributed by atoms with E-state index in [1.54, 1.807) is 30.3 Å². The standard InChI is InChI=1S/C23H20N2O7S/c1-3-10-25-20(27)19(11-14-4-7-16(8-5-14)32-13(2)21(28)29)33-23(25)24-18-9-6-15(26)12-17(18)22(30)31/h3-9,11-13,26H,1,10H2,2H3,(H,28,29)(H,30,31)/b19-11-,24-23?. The number of phenols is 1. The third-order valence-electron chi connectivity index (χ3n) is 4.46. The van der Waals surface area contributed by atoms with E-state index in [9.17, 15) is 24.6 Å². The summed E-state index contributed by atoms with van der Waals surface area (Å²) in [6, 6.07) is 10.3. The van der Waals surface area contributed by atoms with Gasteiger partial charge in [-0.3, -0.25) is 9.69 Å². The van der Waals surface area contributed by atoms with Crippen molar-refractivity contribution in [3.63, 3.8) is 0 Å². The highest BCUT2D eigenvalue weighted by atomic mass is 32.2. The van der Waals surface area contributed by atoms with Crippen LogP contribution in [0.4, 0.5) is 5.69 Å². The first-order chi connectivity index (χ1) is 15.7. The Morgan fingerprint density at radius 2 is 1.91 bits per heavy atom. The van der Waals surface area contributed by atoms with Crippen LogP contribution in [0.2, 0.25) is 0 Å². The summed E-state index contributed by atoms with van der Waals surface area (Å²) < 4.78 is 5.30. The average Bonchev–Trinajstić information content (AvgIpc) is 3.05. The Balaban J connectivity index is 1.90. The molecule has 170 valence electrons. The van der Waals surface area contributed by atoms with Crippen LogP contribution in [0.1, 0.15) is 22.8 Å². The number of phenolic OH excluding ortho intramolecular Hbond substituents is 1. The largest absolute Gasteiger partial charge is 0.508 e. The van der Waals surface area contributed by atoms with Gasteiger partial charge in [0.2, 0.25) is 0 Å². The number of hydrogen-bond acceptors (Lipinski definition) is 7. The molecule has 3 rings (SSSR count). The molecule has 2 aromatic rings. The Bertz CT molecular complexity index is 1170. The first kappa shape index (κ1) is 23.6. The van der Waals surface area contributed by atoms with Crippen molar-refractivity contribution in [1.29, 1.82) is 0 Å². The summed E-state index contributed by atoms with van der Waals surface area (Å²) in [6.45, 7) is 5.24. The van der Waals surface area contributed by atoms with Gasteiger partial charge in [-0.25, -0.2) is 14.6 Å². The molecule has 2 aromatic carbocycles. The minimum absolute atomic E-state index is 0.0972. The van der Waals surface area contributed by atoms with Gasteiger partial charge in [0.25, 0.3) is 5.91 Å². The fourth-order valence-electron chi connectivity index (χ4n) is 2.83. The van der Waals surface area contributed by atoms with Gasteiger partial charge in [-0.2, -0.15) is 0 Å². The van der Waals surface area contributed by atoms with Crippen LogP contribution >= 0.6 is 11.8 Å².